The largest absolute Gasteiger partial charge is 0.459 e. The SMILES string of the molecule is CNC(=O)c1cnc(N2CCN(c3ncc4c(n3)CCN(C(=O)O[C@@H]3CC[C@@H](C[C@@H](N)[C@@H]5CC(=O)[C@H](C)/C=C(\C)[C@@H](O)[C@@H](O)C(=O)[C@H](C)C[C@H](C)/C=C/C=C/C=C(\C)[C@@H](OC)C[C@@H]6CC[C@@H](C)[C@@](O)(O6)C(=O)C(=O)N6CCCC[C@H]6C(=O)O5)C[C@H]3OC)C4)CC2)nc1. The van der Waals surface area contributed by atoms with Gasteiger partial charge in [0.2, 0.25) is 17.7 Å². The number of piperazine rings is 1. The molecule has 25 nitrogen and oxygen atoms in total. The summed E-state index contributed by atoms with van der Waals surface area (Å²) in [6.45, 7) is 13.4. The number of amides is 3. The number of hydrogen-bond donors (Lipinski definition) is 5. The van der Waals surface area contributed by atoms with Crippen molar-refractivity contribution < 1.29 is 72.6 Å². The predicted octanol–water partition coefficient (Wildman–Crippen LogP) is 4.69. The fourth-order valence-corrected chi connectivity index (χ4v) is 13.5. The number of piperidine rings is 1. The number of nitrogens with one attached hydrogen (secondary N) is 1. The highest BCUT2D eigenvalue weighted by molar-refractivity contribution is 6.39. The number of nitrogens with zero attached hydrogens (tertiary/aromatic N) is 8. The van der Waals surface area contributed by atoms with E-state index in [2.05, 4.69) is 25.2 Å². The smallest absolute Gasteiger partial charge is 0.410 e. The maximum absolute atomic E-state index is 14.7. The van der Waals surface area contributed by atoms with E-state index >= 15 is 0 Å². The minimum atomic E-state index is -2.50. The van der Waals surface area contributed by atoms with Gasteiger partial charge in [0.05, 0.1) is 36.1 Å². The lowest BCUT2D eigenvalue weighted by molar-refractivity contribution is -0.265. The summed E-state index contributed by atoms with van der Waals surface area (Å²) in [5, 5.41) is 37.1. The Kier molecular flexibility index (Phi) is 24.9. The average molecular weight is 1280 g/mol. The maximum atomic E-state index is 14.7. The number of carbonyl (C=O) groups excluding carboxylic acids is 7. The number of nitrogens with two attached hydrogens (primary N) is 1. The van der Waals surface area contributed by atoms with E-state index in [1.54, 1.807) is 53.1 Å². The Balaban J connectivity index is 0.939. The Bertz CT molecular complexity index is 3060. The molecule has 0 radical (unpaired) electrons. The Morgan fingerprint density at radius 1 is 0.804 bits per heavy atom. The first-order valence-corrected chi connectivity index (χ1v) is 32.7. The normalized spacial score (nSPS) is 33.6. The van der Waals surface area contributed by atoms with E-state index in [1.165, 1.54) is 25.4 Å². The zero-order valence-electron chi connectivity index (χ0n) is 54.8. The number of ketones is 3. The van der Waals surface area contributed by atoms with Crippen molar-refractivity contribution in [3.05, 3.63) is 83.0 Å². The van der Waals surface area contributed by atoms with E-state index in [0.717, 1.165) is 21.7 Å². The highest BCUT2D eigenvalue weighted by Gasteiger charge is 2.53. The minimum Gasteiger partial charge on any atom is -0.459 e. The zero-order chi connectivity index (χ0) is 66.6. The number of aromatic nitrogens is 4. The molecular formula is C67H96N10O15. The summed E-state index contributed by atoms with van der Waals surface area (Å²) < 4.78 is 30.4. The molecule has 0 spiro atoms. The lowest BCUT2D eigenvalue weighted by Gasteiger charge is -2.42. The highest BCUT2D eigenvalue weighted by Crippen LogP contribution is 2.38. The lowest BCUT2D eigenvalue weighted by atomic mass is 9.80. The molecule has 8 rings (SSSR count). The summed E-state index contributed by atoms with van der Waals surface area (Å²) in [7, 11) is 4.65. The summed E-state index contributed by atoms with van der Waals surface area (Å²) in [6.07, 6.45) is 12.4. The highest BCUT2D eigenvalue weighted by atomic mass is 16.6. The van der Waals surface area contributed by atoms with Gasteiger partial charge in [-0.05, 0) is 101 Å². The molecule has 504 valence electrons. The number of ether oxygens (including phenoxy) is 5. The number of allylic oxidation sites excluding steroid dienone is 6. The Labute approximate surface area is 539 Å². The fraction of sp³-hybridized carbons (Fsp3) is 0.657. The number of esters is 1. The molecule has 3 saturated heterocycles. The monoisotopic (exact) mass is 1280 g/mol. The van der Waals surface area contributed by atoms with E-state index in [4.69, 9.17) is 34.4 Å². The van der Waals surface area contributed by atoms with Crippen molar-refractivity contribution in [3.8, 4) is 0 Å². The predicted molar refractivity (Wildman–Crippen MR) is 339 cm³/mol. The van der Waals surface area contributed by atoms with Gasteiger partial charge in [0.15, 0.2) is 5.78 Å². The molecule has 15 atom stereocenters. The van der Waals surface area contributed by atoms with E-state index in [-0.39, 0.29) is 55.7 Å². The number of aliphatic hydroxyl groups is 3. The topological polar surface area (TPSA) is 329 Å². The lowest BCUT2D eigenvalue weighted by Crippen LogP contribution is -2.61. The second kappa shape index (κ2) is 32.3. The van der Waals surface area contributed by atoms with Crippen molar-refractivity contribution in [2.24, 2.45) is 35.3 Å². The van der Waals surface area contributed by atoms with Crippen LogP contribution in [0.15, 0.2) is 66.2 Å². The van der Waals surface area contributed by atoms with Crippen LogP contribution in [0.4, 0.5) is 16.7 Å². The molecule has 3 amide bonds. The van der Waals surface area contributed by atoms with Crippen LogP contribution < -0.4 is 20.9 Å². The van der Waals surface area contributed by atoms with Crippen LogP contribution in [0.25, 0.3) is 0 Å². The van der Waals surface area contributed by atoms with Gasteiger partial charge >= 0.3 is 12.1 Å². The Morgan fingerprint density at radius 3 is 2.21 bits per heavy atom. The molecule has 25 heteroatoms. The standard InChI is InChI=1S/C67H96N10O15/c1-39-15-11-10-12-16-40(2)54(88-8)33-48-20-18-44(6)67(87,92-48)60(82)62(84)77-23-14-13-17-51(77)63(85)90-55(34-52(78)41(3)30-43(5)58(80)59(81)57(79)42(4)29-39)49(68)31-45-19-21-53(56(32-45)89-9)91-66(86)76-24-22-50-47(38-76)37-72-65(73-50)75-27-25-74(26-28-75)64-70-35-46(36-71-64)61(83)69-7/h10-12,15-16,30,35-37,39,41-42,44-45,48-49,51,53-56,58-59,80-81,87H,13-14,17-29,31-34,38,68H2,1-9H3,(H,69,83)/b12-10+,15-11+,40-16+,43-30+/t39-,41-,42-,44-,45+,48+,49-,51+,53-,54+,55+,56-,58-,59+,67-/m1/s1. The average Bonchev–Trinajstić information content (AvgIpc) is 0.814. The first-order chi connectivity index (χ1) is 43.9. The molecular weight excluding hydrogens is 1180 g/mol. The van der Waals surface area contributed by atoms with Crippen LogP contribution in [0, 0.1) is 29.6 Å². The quantitative estimate of drug-likeness (QED) is 0.129. The van der Waals surface area contributed by atoms with Crippen LogP contribution in [0.3, 0.4) is 0 Å². The molecule has 0 aromatic carbocycles. The fourth-order valence-electron chi connectivity index (χ4n) is 13.5. The molecule has 5 aliphatic heterocycles. The van der Waals surface area contributed by atoms with Gasteiger partial charge in [0, 0.05) is 128 Å². The first kappa shape index (κ1) is 71.0. The molecule has 6 aliphatic rings. The van der Waals surface area contributed by atoms with Crippen molar-refractivity contribution in [1.82, 2.24) is 35.1 Å². The van der Waals surface area contributed by atoms with Crippen LogP contribution in [0.5, 0.6) is 0 Å². The summed E-state index contributed by atoms with van der Waals surface area (Å²) in [6, 6.07) is -2.23. The molecule has 1 saturated carbocycles. The summed E-state index contributed by atoms with van der Waals surface area (Å²) in [4.78, 5) is 123. The van der Waals surface area contributed by atoms with Gasteiger partial charge in [-0.3, -0.25) is 24.0 Å². The molecule has 2 aromatic rings. The second-order valence-electron chi connectivity index (χ2n) is 26.1. The van der Waals surface area contributed by atoms with Gasteiger partial charge in [0.25, 0.3) is 17.6 Å². The van der Waals surface area contributed by atoms with E-state index in [0.29, 0.717) is 108 Å². The number of aliphatic hydroxyl groups excluding tert-OH is 2. The van der Waals surface area contributed by atoms with Gasteiger partial charge in [-0.2, -0.15) is 0 Å². The number of rotatable bonds is 9. The van der Waals surface area contributed by atoms with E-state index < -0.39 is 120 Å². The number of carbonyl (C=O) groups is 7. The van der Waals surface area contributed by atoms with Crippen molar-refractivity contribution in [1.29, 1.82) is 0 Å². The van der Waals surface area contributed by atoms with Crippen LogP contribution in [-0.4, -0.2) is 207 Å². The molecule has 1 aliphatic carbocycles. The Morgan fingerprint density at radius 2 is 1.51 bits per heavy atom. The third-order valence-electron chi connectivity index (χ3n) is 19.4. The summed E-state index contributed by atoms with van der Waals surface area (Å²) in [5.41, 5.74) is 10.1. The molecule has 7 heterocycles. The van der Waals surface area contributed by atoms with Gasteiger partial charge in [-0.1, -0.05) is 64.2 Å². The van der Waals surface area contributed by atoms with Gasteiger partial charge in [0.1, 0.15) is 36.2 Å². The van der Waals surface area contributed by atoms with Crippen LogP contribution in [0.1, 0.15) is 140 Å². The number of Topliss-reactive ketones (excluding diaryl/α,β-unsaturated/α-hetero) is 3. The number of fused-ring (bicyclic) bond motifs is 4. The zero-order valence-corrected chi connectivity index (χ0v) is 54.8. The van der Waals surface area contributed by atoms with Crippen LogP contribution >= 0.6 is 0 Å². The van der Waals surface area contributed by atoms with E-state index in [9.17, 15) is 48.9 Å². The van der Waals surface area contributed by atoms with Crippen molar-refractivity contribution in [2.75, 3.05) is 70.3 Å². The third kappa shape index (κ3) is 17.5. The van der Waals surface area contributed by atoms with E-state index in [1.807, 2.05) is 49.1 Å². The number of methoxy groups -OCH3 is 2. The van der Waals surface area contributed by atoms with Gasteiger partial charge < -0.3 is 69.7 Å². The van der Waals surface area contributed by atoms with Crippen molar-refractivity contribution >= 4 is 53.1 Å². The molecule has 6 N–H and O–H groups in total. The molecule has 4 fully saturated rings. The van der Waals surface area contributed by atoms with Gasteiger partial charge in [-0.25, -0.2) is 29.5 Å². The van der Waals surface area contributed by atoms with Crippen molar-refractivity contribution in [3.63, 3.8) is 0 Å². The molecule has 2 aromatic heterocycles. The van der Waals surface area contributed by atoms with Gasteiger partial charge in [-0.15, -0.1) is 0 Å². The molecule has 2 bridgehead atoms. The molecule has 0 unspecified atom stereocenters. The minimum absolute atomic E-state index is 0.00592. The Hall–Kier alpha value is -6.87. The number of hydrogen-bond acceptors (Lipinski definition) is 22. The van der Waals surface area contributed by atoms with Crippen LogP contribution in [0.2, 0.25) is 0 Å². The molecule has 92 heavy (non-hydrogen) atoms. The summed E-state index contributed by atoms with van der Waals surface area (Å²) >= 11 is 0. The number of anilines is 2. The third-order valence-corrected chi connectivity index (χ3v) is 19.4. The first-order valence-electron chi connectivity index (χ1n) is 32.7. The second-order valence-corrected chi connectivity index (χ2v) is 26.1. The number of cyclic esters (lactones) is 1. The van der Waals surface area contributed by atoms with Crippen LogP contribution in [-0.2, 0) is 60.6 Å². The summed E-state index contributed by atoms with van der Waals surface area (Å²) in [5.74, 6) is -8.33. The maximum Gasteiger partial charge on any atom is 0.410 e. The van der Waals surface area contributed by atoms with Crippen molar-refractivity contribution in [2.45, 2.75) is 192 Å².